The van der Waals surface area contributed by atoms with Crippen LogP contribution in [0, 0.1) is 11.8 Å². The molecule has 1 fully saturated rings. The Hall–Kier alpha value is -1.71. The summed E-state index contributed by atoms with van der Waals surface area (Å²) in [6, 6.07) is 5.32. The van der Waals surface area contributed by atoms with E-state index in [-0.39, 0.29) is 5.91 Å². The Morgan fingerprint density at radius 2 is 2.15 bits per heavy atom. The van der Waals surface area contributed by atoms with Gasteiger partial charge in [0.1, 0.15) is 11.5 Å². The average molecular weight is 277 g/mol. The number of ether oxygens (including phenoxy) is 2. The molecule has 1 aromatic carbocycles. The van der Waals surface area contributed by atoms with Crippen molar-refractivity contribution in [3.63, 3.8) is 0 Å². The molecule has 1 amide bonds. The van der Waals surface area contributed by atoms with Gasteiger partial charge in [-0.15, -0.1) is 0 Å². The molecule has 0 aromatic heterocycles. The summed E-state index contributed by atoms with van der Waals surface area (Å²) in [5.74, 6) is 2.29. The molecule has 1 aromatic rings. The third-order valence-corrected chi connectivity index (χ3v) is 3.25. The number of rotatable bonds is 7. The summed E-state index contributed by atoms with van der Waals surface area (Å²) in [6.45, 7) is 5.49. The minimum atomic E-state index is -0.0710. The molecule has 0 heterocycles. The standard InChI is InChI=1S/C16H23NO3/c1-11(2)10-20-15-8-13(19-3)6-7-14(15)16(18)17-9-12-4-5-12/h6-8,11-12H,4-5,9-10H2,1-3H3,(H,17,18). The van der Waals surface area contributed by atoms with Crippen molar-refractivity contribution < 1.29 is 14.3 Å². The Balaban J connectivity index is 2.09. The van der Waals surface area contributed by atoms with Crippen LogP contribution in [0.4, 0.5) is 0 Å². The molecule has 2 rings (SSSR count). The van der Waals surface area contributed by atoms with Crippen molar-refractivity contribution >= 4 is 5.91 Å². The molecule has 0 saturated heterocycles. The lowest BCUT2D eigenvalue weighted by atomic mass is 10.1. The number of benzene rings is 1. The molecule has 1 aliphatic carbocycles. The van der Waals surface area contributed by atoms with Crippen molar-refractivity contribution in [1.29, 1.82) is 0 Å². The van der Waals surface area contributed by atoms with Gasteiger partial charge in [-0.3, -0.25) is 4.79 Å². The van der Waals surface area contributed by atoms with E-state index in [1.165, 1.54) is 12.8 Å². The van der Waals surface area contributed by atoms with Crippen molar-refractivity contribution in [3.8, 4) is 11.5 Å². The van der Waals surface area contributed by atoms with Crippen LogP contribution >= 0.6 is 0 Å². The predicted octanol–water partition coefficient (Wildman–Crippen LogP) is 2.87. The van der Waals surface area contributed by atoms with E-state index >= 15 is 0 Å². The van der Waals surface area contributed by atoms with Crippen molar-refractivity contribution in [3.05, 3.63) is 23.8 Å². The summed E-state index contributed by atoms with van der Waals surface area (Å²) < 4.78 is 10.9. The fraction of sp³-hybridized carbons (Fsp3) is 0.562. The zero-order chi connectivity index (χ0) is 14.5. The van der Waals surface area contributed by atoms with Gasteiger partial charge in [-0.2, -0.15) is 0 Å². The molecule has 0 radical (unpaired) electrons. The zero-order valence-electron chi connectivity index (χ0n) is 12.4. The lowest BCUT2D eigenvalue weighted by Crippen LogP contribution is -2.26. The third kappa shape index (κ3) is 4.15. The maximum Gasteiger partial charge on any atom is 0.255 e. The van der Waals surface area contributed by atoms with E-state index in [9.17, 15) is 4.79 Å². The van der Waals surface area contributed by atoms with Crippen LogP contribution in [0.15, 0.2) is 18.2 Å². The largest absolute Gasteiger partial charge is 0.497 e. The van der Waals surface area contributed by atoms with Crippen LogP contribution in [-0.4, -0.2) is 26.2 Å². The first kappa shape index (κ1) is 14.7. The van der Waals surface area contributed by atoms with Crippen LogP contribution in [-0.2, 0) is 0 Å². The summed E-state index contributed by atoms with van der Waals surface area (Å²) in [5, 5.41) is 2.97. The Morgan fingerprint density at radius 1 is 1.40 bits per heavy atom. The molecule has 1 N–H and O–H groups in total. The van der Waals surface area contributed by atoms with Crippen molar-refractivity contribution in [1.82, 2.24) is 5.32 Å². The fourth-order valence-electron chi connectivity index (χ4n) is 1.85. The van der Waals surface area contributed by atoms with Gasteiger partial charge in [0.25, 0.3) is 5.91 Å². The smallest absolute Gasteiger partial charge is 0.255 e. The number of hydrogen-bond donors (Lipinski definition) is 1. The molecule has 0 unspecified atom stereocenters. The molecule has 0 aliphatic heterocycles. The maximum atomic E-state index is 12.2. The van der Waals surface area contributed by atoms with E-state index in [1.54, 1.807) is 25.3 Å². The van der Waals surface area contributed by atoms with Crippen LogP contribution in [0.1, 0.15) is 37.0 Å². The van der Waals surface area contributed by atoms with Crippen LogP contribution in [0.5, 0.6) is 11.5 Å². The SMILES string of the molecule is COc1ccc(C(=O)NCC2CC2)c(OCC(C)C)c1. The Labute approximate surface area is 120 Å². The number of amides is 1. The van der Waals surface area contributed by atoms with Gasteiger partial charge in [-0.05, 0) is 36.8 Å². The first-order valence-electron chi connectivity index (χ1n) is 7.19. The van der Waals surface area contributed by atoms with Gasteiger partial charge in [0.2, 0.25) is 0 Å². The number of nitrogens with one attached hydrogen (secondary N) is 1. The molecular weight excluding hydrogens is 254 g/mol. The number of methoxy groups -OCH3 is 1. The van der Waals surface area contributed by atoms with Crippen LogP contribution < -0.4 is 14.8 Å². The zero-order valence-corrected chi connectivity index (χ0v) is 12.4. The lowest BCUT2D eigenvalue weighted by molar-refractivity contribution is 0.0947. The highest BCUT2D eigenvalue weighted by Gasteiger charge is 2.23. The van der Waals surface area contributed by atoms with E-state index in [2.05, 4.69) is 19.2 Å². The van der Waals surface area contributed by atoms with Gasteiger partial charge in [0.05, 0.1) is 19.3 Å². The van der Waals surface area contributed by atoms with Gasteiger partial charge in [-0.25, -0.2) is 0 Å². The second-order valence-corrected chi connectivity index (χ2v) is 5.72. The quantitative estimate of drug-likeness (QED) is 0.833. The van der Waals surface area contributed by atoms with Gasteiger partial charge in [0.15, 0.2) is 0 Å². The summed E-state index contributed by atoms with van der Waals surface area (Å²) in [6.07, 6.45) is 2.44. The molecule has 4 heteroatoms. The van der Waals surface area contributed by atoms with Gasteiger partial charge < -0.3 is 14.8 Å². The molecule has 1 aliphatic rings. The lowest BCUT2D eigenvalue weighted by Gasteiger charge is -2.14. The fourth-order valence-corrected chi connectivity index (χ4v) is 1.85. The molecular formula is C16H23NO3. The topological polar surface area (TPSA) is 47.6 Å². The Morgan fingerprint density at radius 3 is 2.75 bits per heavy atom. The first-order chi connectivity index (χ1) is 9.60. The van der Waals surface area contributed by atoms with Crippen LogP contribution in [0.2, 0.25) is 0 Å². The first-order valence-corrected chi connectivity index (χ1v) is 7.19. The number of carbonyl (C=O) groups excluding carboxylic acids is 1. The monoisotopic (exact) mass is 277 g/mol. The molecule has 0 atom stereocenters. The van der Waals surface area contributed by atoms with E-state index in [1.807, 2.05) is 0 Å². The molecule has 0 bridgehead atoms. The summed E-state index contributed by atoms with van der Waals surface area (Å²) in [7, 11) is 1.61. The van der Waals surface area contributed by atoms with Crippen molar-refractivity contribution in [2.24, 2.45) is 11.8 Å². The van der Waals surface area contributed by atoms with Crippen molar-refractivity contribution in [2.75, 3.05) is 20.3 Å². The number of hydrogen-bond acceptors (Lipinski definition) is 3. The normalized spacial score (nSPS) is 14.2. The minimum Gasteiger partial charge on any atom is -0.497 e. The molecule has 20 heavy (non-hydrogen) atoms. The second kappa shape index (κ2) is 6.64. The van der Waals surface area contributed by atoms with Gasteiger partial charge in [-0.1, -0.05) is 13.8 Å². The maximum absolute atomic E-state index is 12.2. The summed E-state index contributed by atoms with van der Waals surface area (Å²) >= 11 is 0. The highest BCUT2D eigenvalue weighted by atomic mass is 16.5. The van der Waals surface area contributed by atoms with E-state index < -0.39 is 0 Å². The van der Waals surface area contributed by atoms with E-state index in [0.717, 1.165) is 6.54 Å². The Bertz CT molecular complexity index is 467. The van der Waals surface area contributed by atoms with Gasteiger partial charge >= 0.3 is 0 Å². The highest BCUT2D eigenvalue weighted by Crippen LogP contribution is 2.29. The minimum absolute atomic E-state index is 0.0710. The predicted molar refractivity (Wildman–Crippen MR) is 78.4 cm³/mol. The van der Waals surface area contributed by atoms with Crippen molar-refractivity contribution in [2.45, 2.75) is 26.7 Å². The van der Waals surface area contributed by atoms with Crippen LogP contribution in [0.25, 0.3) is 0 Å². The Kier molecular flexibility index (Phi) is 4.88. The molecule has 0 spiro atoms. The van der Waals surface area contributed by atoms with E-state index in [0.29, 0.717) is 35.5 Å². The third-order valence-electron chi connectivity index (χ3n) is 3.25. The molecule has 1 saturated carbocycles. The highest BCUT2D eigenvalue weighted by molar-refractivity contribution is 5.97. The summed E-state index contributed by atoms with van der Waals surface area (Å²) in [5.41, 5.74) is 0.576. The number of carbonyl (C=O) groups is 1. The van der Waals surface area contributed by atoms with Gasteiger partial charge in [0, 0.05) is 12.6 Å². The van der Waals surface area contributed by atoms with E-state index in [4.69, 9.17) is 9.47 Å². The molecule has 4 nitrogen and oxygen atoms in total. The second-order valence-electron chi connectivity index (χ2n) is 5.72. The summed E-state index contributed by atoms with van der Waals surface area (Å²) in [4.78, 5) is 12.2. The molecule has 110 valence electrons. The van der Waals surface area contributed by atoms with Crippen LogP contribution in [0.3, 0.4) is 0 Å². The average Bonchev–Trinajstić information content (AvgIpc) is 3.26.